The fraction of sp³-hybridized carbons (Fsp3) is 0.174. The summed E-state index contributed by atoms with van der Waals surface area (Å²) in [6.45, 7) is 3.21. The number of nitrogens with one attached hydrogen (secondary N) is 1. The third-order valence-corrected chi connectivity index (χ3v) is 3.93. The van der Waals surface area contributed by atoms with Crippen LogP contribution in [0.4, 0.5) is 5.69 Å². The number of benzene rings is 3. The number of anilines is 1. The Morgan fingerprint density at radius 1 is 0.852 bits per heavy atom. The van der Waals surface area contributed by atoms with Crippen LogP contribution in [0.2, 0.25) is 0 Å². The van der Waals surface area contributed by atoms with E-state index in [4.69, 9.17) is 9.47 Å². The molecular formula is C23H23NO3. The van der Waals surface area contributed by atoms with E-state index < -0.39 is 0 Å². The molecule has 0 bridgehead atoms. The van der Waals surface area contributed by atoms with E-state index in [1.54, 1.807) is 12.1 Å². The maximum absolute atomic E-state index is 12.4. The predicted octanol–water partition coefficient (Wildman–Crippen LogP) is 5.31. The van der Waals surface area contributed by atoms with Crippen molar-refractivity contribution in [2.75, 3.05) is 11.9 Å². The van der Waals surface area contributed by atoms with Crippen molar-refractivity contribution in [2.24, 2.45) is 0 Å². The first-order valence-electron chi connectivity index (χ1n) is 9.05. The highest BCUT2D eigenvalue weighted by Crippen LogP contribution is 2.20. The summed E-state index contributed by atoms with van der Waals surface area (Å²) >= 11 is 0. The smallest absolute Gasteiger partial charge is 0.255 e. The summed E-state index contributed by atoms with van der Waals surface area (Å²) in [7, 11) is 0. The summed E-state index contributed by atoms with van der Waals surface area (Å²) in [4.78, 5) is 12.4. The van der Waals surface area contributed by atoms with E-state index in [1.807, 2.05) is 66.7 Å². The molecule has 0 atom stereocenters. The first-order valence-corrected chi connectivity index (χ1v) is 9.05. The third-order valence-electron chi connectivity index (χ3n) is 3.93. The first kappa shape index (κ1) is 18.5. The summed E-state index contributed by atoms with van der Waals surface area (Å²) in [5.74, 6) is 1.31. The minimum atomic E-state index is -0.169. The normalized spacial score (nSPS) is 10.3. The summed E-state index contributed by atoms with van der Waals surface area (Å²) in [5, 5.41) is 2.90. The number of amides is 1. The molecule has 1 N–H and O–H groups in total. The molecule has 138 valence electrons. The summed E-state index contributed by atoms with van der Waals surface area (Å²) in [6.07, 6.45) is 0.949. The Labute approximate surface area is 159 Å². The lowest BCUT2D eigenvalue weighted by atomic mass is 10.2. The van der Waals surface area contributed by atoms with E-state index in [1.165, 1.54) is 0 Å². The molecule has 0 heterocycles. The van der Waals surface area contributed by atoms with E-state index in [0.717, 1.165) is 17.7 Å². The van der Waals surface area contributed by atoms with Crippen molar-refractivity contribution in [1.29, 1.82) is 0 Å². The highest BCUT2D eigenvalue weighted by Gasteiger charge is 2.07. The molecule has 0 aliphatic carbocycles. The van der Waals surface area contributed by atoms with Gasteiger partial charge in [0.1, 0.15) is 18.1 Å². The van der Waals surface area contributed by atoms with Gasteiger partial charge in [-0.3, -0.25) is 4.79 Å². The average molecular weight is 361 g/mol. The van der Waals surface area contributed by atoms with Crippen molar-refractivity contribution in [1.82, 2.24) is 0 Å². The van der Waals surface area contributed by atoms with Crippen LogP contribution in [0.15, 0.2) is 78.9 Å². The topological polar surface area (TPSA) is 47.6 Å². The highest BCUT2D eigenvalue weighted by atomic mass is 16.5. The maximum atomic E-state index is 12.4. The van der Waals surface area contributed by atoms with Crippen LogP contribution in [0.1, 0.15) is 29.3 Å². The van der Waals surface area contributed by atoms with Gasteiger partial charge in [0, 0.05) is 17.3 Å². The van der Waals surface area contributed by atoms with Crippen molar-refractivity contribution in [3.05, 3.63) is 90.0 Å². The third kappa shape index (κ3) is 5.61. The van der Waals surface area contributed by atoms with Gasteiger partial charge in [-0.2, -0.15) is 0 Å². The molecule has 3 aromatic carbocycles. The molecule has 3 aromatic rings. The van der Waals surface area contributed by atoms with Crippen LogP contribution in [0.5, 0.6) is 11.5 Å². The molecule has 0 spiro atoms. The van der Waals surface area contributed by atoms with Gasteiger partial charge in [-0.1, -0.05) is 43.3 Å². The number of carbonyl (C=O) groups is 1. The number of ether oxygens (including phenoxy) is 2. The Balaban J connectivity index is 1.59. The van der Waals surface area contributed by atoms with E-state index >= 15 is 0 Å². The van der Waals surface area contributed by atoms with Crippen molar-refractivity contribution in [2.45, 2.75) is 20.0 Å². The predicted molar refractivity (Wildman–Crippen MR) is 107 cm³/mol. The van der Waals surface area contributed by atoms with Gasteiger partial charge >= 0.3 is 0 Å². The Hall–Kier alpha value is -3.27. The van der Waals surface area contributed by atoms with Gasteiger partial charge in [0.15, 0.2) is 0 Å². The van der Waals surface area contributed by atoms with Crippen molar-refractivity contribution in [3.8, 4) is 11.5 Å². The molecular weight excluding hydrogens is 338 g/mol. The second kappa shape index (κ2) is 9.43. The van der Waals surface area contributed by atoms with Gasteiger partial charge in [-0.25, -0.2) is 0 Å². The molecule has 0 aliphatic heterocycles. The quantitative estimate of drug-likeness (QED) is 0.592. The average Bonchev–Trinajstić information content (AvgIpc) is 2.72. The van der Waals surface area contributed by atoms with Gasteiger partial charge in [0.05, 0.1) is 6.61 Å². The standard InChI is InChI=1S/C23H23NO3/c1-2-15-26-21-13-11-19(12-14-21)23(25)24-20-9-6-10-22(16-20)27-17-18-7-4-3-5-8-18/h3-14,16H,2,15,17H2,1H3,(H,24,25). The van der Waals surface area contributed by atoms with Gasteiger partial charge < -0.3 is 14.8 Å². The zero-order valence-corrected chi connectivity index (χ0v) is 15.4. The lowest BCUT2D eigenvalue weighted by Gasteiger charge is -2.10. The Morgan fingerprint density at radius 2 is 1.63 bits per heavy atom. The van der Waals surface area contributed by atoms with E-state index in [-0.39, 0.29) is 5.91 Å². The monoisotopic (exact) mass is 361 g/mol. The number of hydrogen-bond donors (Lipinski definition) is 1. The second-order valence-electron chi connectivity index (χ2n) is 6.13. The van der Waals surface area contributed by atoms with Crippen LogP contribution in [0, 0.1) is 0 Å². The Kier molecular flexibility index (Phi) is 6.47. The Bertz CT molecular complexity index is 860. The second-order valence-corrected chi connectivity index (χ2v) is 6.13. The Morgan fingerprint density at radius 3 is 2.37 bits per heavy atom. The molecule has 0 aliphatic rings. The molecule has 1 amide bonds. The lowest BCUT2D eigenvalue weighted by molar-refractivity contribution is 0.102. The van der Waals surface area contributed by atoms with Crippen molar-refractivity contribution >= 4 is 11.6 Å². The molecule has 27 heavy (non-hydrogen) atoms. The van der Waals surface area contributed by atoms with Crippen molar-refractivity contribution in [3.63, 3.8) is 0 Å². The maximum Gasteiger partial charge on any atom is 0.255 e. The molecule has 0 radical (unpaired) electrons. The lowest BCUT2D eigenvalue weighted by Crippen LogP contribution is -2.11. The molecule has 0 saturated heterocycles. The molecule has 0 unspecified atom stereocenters. The number of rotatable bonds is 8. The van der Waals surface area contributed by atoms with E-state index in [2.05, 4.69) is 12.2 Å². The molecule has 4 nitrogen and oxygen atoms in total. The molecule has 4 heteroatoms. The zero-order chi connectivity index (χ0) is 18.9. The van der Waals surface area contributed by atoms with Crippen LogP contribution in [-0.2, 0) is 6.61 Å². The molecule has 0 aromatic heterocycles. The van der Waals surface area contributed by atoms with E-state index in [0.29, 0.717) is 30.2 Å². The minimum Gasteiger partial charge on any atom is -0.494 e. The van der Waals surface area contributed by atoms with Crippen LogP contribution in [0.3, 0.4) is 0 Å². The molecule has 0 saturated carbocycles. The molecule has 0 fully saturated rings. The summed E-state index contributed by atoms with van der Waals surface area (Å²) in [6, 6.07) is 24.5. The number of carbonyl (C=O) groups excluding carboxylic acids is 1. The fourth-order valence-corrected chi connectivity index (χ4v) is 2.53. The minimum absolute atomic E-state index is 0.169. The summed E-state index contributed by atoms with van der Waals surface area (Å²) < 4.78 is 11.3. The molecule has 3 rings (SSSR count). The summed E-state index contributed by atoms with van der Waals surface area (Å²) in [5.41, 5.74) is 2.36. The van der Waals surface area contributed by atoms with Gasteiger partial charge in [-0.05, 0) is 48.4 Å². The largest absolute Gasteiger partial charge is 0.494 e. The number of hydrogen-bond acceptors (Lipinski definition) is 3. The fourth-order valence-electron chi connectivity index (χ4n) is 2.53. The van der Waals surface area contributed by atoms with Crippen LogP contribution in [0.25, 0.3) is 0 Å². The van der Waals surface area contributed by atoms with E-state index in [9.17, 15) is 4.79 Å². The van der Waals surface area contributed by atoms with Crippen LogP contribution >= 0.6 is 0 Å². The van der Waals surface area contributed by atoms with Crippen LogP contribution in [-0.4, -0.2) is 12.5 Å². The van der Waals surface area contributed by atoms with Crippen LogP contribution < -0.4 is 14.8 Å². The SMILES string of the molecule is CCCOc1ccc(C(=O)Nc2cccc(OCc3ccccc3)c2)cc1. The first-order chi connectivity index (χ1) is 13.2. The van der Waals surface area contributed by atoms with Gasteiger partial charge in [0.25, 0.3) is 5.91 Å². The zero-order valence-electron chi connectivity index (χ0n) is 15.4. The van der Waals surface area contributed by atoms with Crippen molar-refractivity contribution < 1.29 is 14.3 Å². The highest BCUT2D eigenvalue weighted by molar-refractivity contribution is 6.04. The van der Waals surface area contributed by atoms with Gasteiger partial charge in [0.2, 0.25) is 0 Å². The van der Waals surface area contributed by atoms with Gasteiger partial charge in [-0.15, -0.1) is 0 Å².